The molecule has 0 unspecified atom stereocenters. The zero-order chi connectivity index (χ0) is 8.43. The van der Waals surface area contributed by atoms with Crippen LogP contribution in [0.3, 0.4) is 0 Å². The van der Waals surface area contributed by atoms with Gasteiger partial charge in [0.05, 0.1) is 5.56 Å². The predicted molar refractivity (Wildman–Crippen MR) is 49.5 cm³/mol. The fraction of sp³-hybridized carbons (Fsp3) is 0. The van der Waals surface area contributed by atoms with E-state index in [0.717, 1.165) is 6.07 Å². The fourth-order valence-corrected chi connectivity index (χ4v) is 1.78. The zero-order valence-corrected chi connectivity index (χ0v) is 8.19. The van der Waals surface area contributed by atoms with Gasteiger partial charge in [-0.15, -0.1) is 0 Å². The Morgan fingerprint density at radius 1 is 1.55 bits per heavy atom. The highest BCUT2D eigenvalue weighted by Gasteiger charge is 2.06. The van der Waals surface area contributed by atoms with E-state index >= 15 is 0 Å². The molecule has 0 saturated carbocycles. The van der Waals surface area contributed by atoms with Crippen molar-refractivity contribution >= 4 is 40.5 Å². The van der Waals surface area contributed by atoms with E-state index in [1.807, 2.05) is 22.6 Å². The molecule has 0 atom stereocenters. The first-order valence-electron chi connectivity index (χ1n) is 2.75. The van der Waals surface area contributed by atoms with Gasteiger partial charge in [0.1, 0.15) is 5.82 Å². The summed E-state index contributed by atoms with van der Waals surface area (Å²) < 4.78 is 13.3. The quantitative estimate of drug-likeness (QED) is 0.572. The molecule has 0 aliphatic heterocycles. The van der Waals surface area contributed by atoms with Crippen molar-refractivity contribution in [1.82, 2.24) is 0 Å². The van der Waals surface area contributed by atoms with Crippen LogP contribution in [0.25, 0.3) is 0 Å². The normalized spacial score (nSPS) is 9.73. The Bertz CT molecular complexity index is 277. The van der Waals surface area contributed by atoms with E-state index in [2.05, 4.69) is 0 Å². The van der Waals surface area contributed by atoms with Crippen molar-refractivity contribution in [1.29, 1.82) is 0 Å². The Kier molecular flexibility index (Phi) is 2.84. The number of halogens is 3. The van der Waals surface area contributed by atoms with E-state index in [-0.39, 0.29) is 5.56 Å². The number of rotatable bonds is 1. The lowest BCUT2D eigenvalue weighted by atomic mass is 10.2. The monoisotopic (exact) mass is 284 g/mol. The Morgan fingerprint density at radius 2 is 2.18 bits per heavy atom. The van der Waals surface area contributed by atoms with Gasteiger partial charge in [0.25, 0.3) is 0 Å². The summed E-state index contributed by atoms with van der Waals surface area (Å²) in [5.41, 5.74) is 0.0648. The number of hydrogen-bond acceptors (Lipinski definition) is 1. The van der Waals surface area contributed by atoms with Gasteiger partial charge in [-0.3, -0.25) is 4.79 Å². The molecule has 0 spiro atoms. The minimum atomic E-state index is -0.572. The smallest absolute Gasteiger partial charge is 0.154 e. The van der Waals surface area contributed by atoms with Crippen LogP contribution in [0, 0.1) is 9.39 Å². The van der Waals surface area contributed by atoms with E-state index in [1.165, 1.54) is 6.07 Å². The average Bonchev–Trinajstić information content (AvgIpc) is 1.85. The number of aldehydes is 1. The number of hydrogen-bond donors (Lipinski definition) is 0. The molecule has 0 aliphatic carbocycles. The summed E-state index contributed by atoms with van der Waals surface area (Å²) in [7, 11) is 0. The molecule has 1 aromatic rings. The van der Waals surface area contributed by atoms with Gasteiger partial charge in [-0.2, -0.15) is 0 Å². The molecule has 0 radical (unpaired) electrons. The van der Waals surface area contributed by atoms with Crippen molar-refractivity contribution in [3.8, 4) is 0 Å². The van der Waals surface area contributed by atoms with Crippen LogP contribution in [0.5, 0.6) is 0 Å². The molecule has 1 nitrogen and oxygen atoms in total. The van der Waals surface area contributed by atoms with Crippen LogP contribution in [-0.2, 0) is 0 Å². The average molecular weight is 284 g/mol. The molecule has 0 aliphatic rings. The Hall–Kier alpha value is -0.160. The van der Waals surface area contributed by atoms with Crippen molar-refractivity contribution in [2.45, 2.75) is 0 Å². The van der Waals surface area contributed by atoms with Gasteiger partial charge < -0.3 is 0 Å². The third-order valence-electron chi connectivity index (χ3n) is 1.16. The van der Waals surface area contributed by atoms with Crippen molar-refractivity contribution < 1.29 is 9.18 Å². The Morgan fingerprint density at radius 3 is 2.64 bits per heavy atom. The molecular formula is C7H3ClFIO. The van der Waals surface area contributed by atoms with Gasteiger partial charge in [0, 0.05) is 8.59 Å². The van der Waals surface area contributed by atoms with Crippen molar-refractivity contribution in [2.24, 2.45) is 0 Å². The molecule has 11 heavy (non-hydrogen) atoms. The van der Waals surface area contributed by atoms with E-state index in [4.69, 9.17) is 11.6 Å². The molecule has 0 aromatic heterocycles. The topological polar surface area (TPSA) is 17.1 Å². The number of carbonyl (C=O) groups excluding carboxylic acids is 1. The van der Waals surface area contributed by atoms with E-state index in [9.17, 15) is 9.18 Å². The second-order valence-electron chi connectivity index (χ2n) is 1.90. The zero-order valence-electron chi connectivity index (χ0n) is 5.27. The summed E-state index contributed by atoms with van der Waals surface area (Å²) in [6.07, 6.45) is 0.480. The maximum Gasteiger partial charge on any atom is 0.154 e. The molecule has 0 amide bonds. The predicted octanol–water partition coefficient (Wildman–Crippen LogP) is 2.90. The second-order valence-corrected chi connectivity index (χ2v) is 3.50. The highest BCUT2D eigenvalue weighted by molar-refractivity contribution is 14.1. The van der Waals surface area contributed by atoms with Crippen LogP contribution in [0.15, 0.2) is 12.1 Å². The van der Waals surface area contributed by atoms with Gasteiger partial charge in [0.15, 0.2) is 6.29 Å². The lowest BCUT2D eigenvalue weighted by molar-refractivity contribution is 0.111. The van der Waals surface area contributed by atoms with Crippen LogP contribution in [0.1, 0.15) is 10.4 Å². The lowest BCUT2D eigenvalue weighted by Crippen LogP contribution is -1.91. The minimum Gasteiger partial charge on any atom is -0.298 e. The molecule has 0 fully saturated rings. The largest absolute Gasteiger partial charge is 0.298 e. The summed E-state index contributed by atoms with van der Waals surface area (Å²) in [5.74, 6) is -0.572. The molecule has 58 valence electrons. The molecule has 0 heterocycles. The summed E-state index contributed by atoms with van der Waals surface area (Å²) in [6, 6.07) is 2.66. The highest BCUT2D eigenvalue weighted by Crippen LogP contribution is 2.19. The van der Waals surface area contributed by atoms with E-state index in [1.54, 1.807) is 0 Å². The van der Waals surface area contributed by atoms with Gasteiger partial charge >= 0.3 is 0 Å². The Balaban J connectivity index is 3.36. The molecule has 0 saturated heterocycles. The summed E-state index contributed by atoms with van der Waals surface area (Å²) in [5, 5.41) is 0.303. The van der Waals surface area contributed by atoms with Gasteiger partial charge in [-0.1, -0.05) is 11.6 Å². The van der Waals surface area contributed by atoms with Gasteiger partial charge in [-0.25, -0.2) is 4.39 Å². The first kappa shape index (κ1) is 8.93. The molecule has 1 aromatic carbocycles. The first-order chi connectivity index (χ1) is 5.15. The number of carbonyl (C=O) groups is 1. The summed E-state index contributed by atoms with van der Waals surface area (Å²) in [6.45, 7) is 0. The molecule has 1 rings (SSSR count). The summed E-state index contributed by atoms with van der Waals surface area (Å²) >= 11 is 7.37. The van der Waals surface area contributed by atoms with E-state index in [0.29, 0.717) is 14.9 Å². The van der Waals surface area contributed by atoms with Gasteiger partial charge in [0.2, 0.25) is 0 Å². The van der Waals surface area contributed by atoms with Crippen LogP contribution in [0.2, 0.25) is 5.02 Å². The lowest BCUT2D eigenvalue weighted by Gasteiger charge is -1.98. The summed E-state index contributed by atoms with van der Waals surface area (Å²) in [4.78, 5) is 10.3. The van der Waals surface area contributed by atoms with Crippen molar-refractivity contribution in [3.05, 3.63) is 32.1 Å². The third kappa shape index (κ3) is 1.90. The van der Waals surface area contributed by atoms with Crippen molar-refractivity contribution in [2.75, 3.05) is 0 Å². The standard InChI is InChI=1S/C7H3ClFIO/c8-4-1-6(9)5(3-11)7(10)2-4/h1-3H. The van der Waals surface area contributed by atoms with Crippen LogP contribution < -0.4 is 0 Å². The van der Waals surface area contributed by atoms with Gasteiger partial charge in [-0.05, 0) is 34.7 Å². The first-order valence-corrected chi connectivity index (χ1v) is 4.20. The minimum absolute atomic E-state index is 0.0648. The van der Waals surface area contributed by atoms with E-state index < -0.39 is 5.82 Å². The maximum atomic E-state index is 12.8. The second kappa shape index (κ2) is 3.49. The highest BCUT2D eigenvalue weighted by atomic mass is 127. The SMILES string of the molecule is O=Cc1c(F)cc(Cl)cc1I. The molecular weight excluding hydrogens is 281 g/mol. The van der Waals surface area contributed by atoms with Crippen molar-refractivity contribution in [3.63, 3.8) is 0 Å². The molecule has 0 bridgehead atoms. The molecule has 4 heteroatoms. The Labute approximate surface area is 81.7 Å². The third-order valence-corrected chi connectivity index (χ3v) is 2.27. The van der Waals surface area contributed by atoms with Crippen LogP contribution in [0.4, 0.5) is 4.39 Å². The fourth-order valence-electron chi connectivity index (χ4n) is 0.666. The van der Waals surface area contributed by atoms with Crippen LogP contribution >= 0.6 is 34.2 Å². The molecule has 0 N–H and O–H groups in total. The van der Waals surface area contributed by atoms with Crippen LogP contribution in [-0.4, -0.2) is 6.29 Å². The maximum absolute atomic E-state index is 12.8. The number of benzene rings is 1.